The highest BCUT2D eigenvalue weighted by molar-refractivity contribution is 7.89. The molecular formula is C24H19N5O2S2. The van der Waals surface area contributed by atoms with Crippen molar-refractivity contribution < 1.29 is 8.42 Å². The molecule has 0 aliphatic heterocycles. The quantitative estimate of drug-likeness (QED) is 0.370. The van der Waals surface area contributed by atoms with Crippen LogP contribution in [0.3, 0.4) is 0 Å². The summed E-state index contributed by atoms with van der Waals surface area (Å²) in [6.07, 6.45) is 3.45. The fraction of sp³-hybridized carbons (Fsp3) is 0.0417. The number of thiophene rings is 1. The van der Waals surface area contributed by atoms with E-state index >= 15 is 0 Å². The summed E-state index contributed by atoms with van der Waals surface area (Å²) < 4.78 is 23.0. The van der Waals surface area contributed by atoms with Gasteiger partial charge in [-0.1, -0.05) is 42.5 Å². The van der Waals surface area contributed by atoms with Gasteiger partial charge in [0.1, 0.15) is 10.6 Å². The molecule has 5 rings (SSSR count). The second-order valence-electron chi connectivity index (χ2n) is 7.38. The molecular weight excluding hydrogens is 454 g/mol. The fourth-order valence-electron chi connectivity index (χ4n) is 3.41. The summed E-state index contributed by atoms with van der Waals surface area (Å²) in [5, 5.41) is 9.51. The van der Waals surface area contributed by atoms with Gasteiger partial charge in [0.2, 0.25) is 10.0 Å². The van der Waals surface area contributed by atoms with Crippen LogP contribution >= 0.6 is 11.3 Å². The molecule has 3 N–H and O–H groups in total. The lowest BCUT2D eigenvalue weighted by Crippen LogP contribution is -2.12. The zero-order valence-electron chi connectivity index (χ0n) is 17.3. The van der Waals surface area contributed by atoms with E-state index in [-0.39, 0.29) is 4.90 Å². The number of hydrogen-bond acceptors (Lipinski definition) is 7. The first-order chi connectivity index (χ1) is 16.0. The van der Waals surface area contributed by atoms with Crippen LogP contribution in [0.2, 0.25) is 0 Å². The first kappa shape index (κ1) is 21.2. The number of anilines is 1. The molecule has 0 aliphatic rings. The van der Waals surface area contributed by atoms with E-state index in [2.05, 4.69) is 28.5 Å². The van der Waals surface area contributed by atoms with Gasteiger partial charge >= 0.3 is 0 Å². The Morgan fingerprint density at radius 1 is 0.909 bits per heavy atom. The van der Waals surface area contributed by atoms with Crippen molar-refractivity contribution in [3.05, 3.63) is 90.8 Å². The number of hydrogen-bond donors (Lipinski definition) is 2. The molecule has 0 aliphatic carbocycles. The summed E-state index contributed by atoms with van der Waals surface area (Å²) in [4.78, 5) is 15.8. The first-order valence-corrected chi connectivity index (χ1v) is 12.5. The summed E-state index contributed by atoms with van der Waals surface area (Å²) in [7, 11) is -3.72. The number of rotatable bonds is 6. The van der Waals surface area contributed by atoms with Crippen LogP contribution in [0.1, 0.15) is 5.56 Å². The van der Waals surface area contributed by atoms with Crippen molar-refractivity contribution >= 4 is 37.4 Å². The van der Waals surface area contributed by atoms with Gasteiger partial charge in [0.25, 0.3) is 0 Å². The maximum atomic E-state index is 11.5. The smallest absolute Gasteiger partial charge is 0.238 e. The van der Waals surface area contributed by atoms with E-state index in [9.17, 15) is 8.42 Å². The van der Waals surface area contributed by atoms with E-state index in [1.54, 1.807) is 35.9 Å². The standard InChI is InChI=1S/C24H19N5O2S2/c25-33(30,31)19-10-8-16(9-11-19)14-27-23-20-13-21(17-5-2-1-3-6-17)32-24(20)29-22(28-23)18-7-4-12-26-15-18/h1-13,15H,14H2,(H2,25,30,31)(H,27,28,29). The Kier molecular flexibility index (Phi) is 5.59. The Morgan fingerprint density at radius 3 is 2.36 bits per heavy atom. The molecule has 164 valence electrons. The molecule has 9 heteroatoms. The first-order valence-electron chi connectivity index (χ1n) is 10.1. The average Bonchev–Trinajstić information content (AvgIpc) is 3.28. The zero-order valence-corrected chi connectivity index (χ0v) is 19.0. The number of pyridine rings is 1. The van der Waals surface area contributed by atoms with Crippen molar-refractivity contribution in [3.8, 4) is 21.8 Å². The number of primary sulfonamides is 1. The highest BCUT2D eigenvalue weighted by atomic mass is 32.2. The topological polar surface area (TPSA) is 111 Å². The van der Waals surface area contributed by atoms with Crippen LogP contribution in [-0.4, -0.2) is 23.4 Å². The van der Waals surface area contributed by atoms with Gasteiger partial charge in [-0.25, -0.2) is 23.5 Å². The molecule has 5 aromatic rings. The lowest BCUT2D eigenvalue weighted by molar-refractivity contribution is 0.598. The van der Waals surface area contributed by atoms with Crippen LogP contribution in [0, 0.1) is 0 Å². The average molecular weight is 474 g/mol. The van der Waals surface area contributed by atoms with Crippen LogP contribution in [0.15, 0.2) is 90.1 Å². The molecule has 0 amide bonds. The second-order valence-corrected chi connectivity index (χ2v) is 9.97. The summed E-state index contributed by atoms with van der Waals surface area (Å²) in [6, 6.07) is 22.5. The number of nitrogens with two attached hydrogens (primary N) is 1. The van der Waals surface area contributed by atoms with Crippen molar-refractivity contribution in [2.45, 2.75) is 11.4 Å². The fourth-order valence-corrected chi connectivity index (χ4v) is 4.96. The molecule has 0 saturated heterocycles. The third-order valence-electron chi connectivity index (χ3n) is 5.08. The zero-order chi connectivity index (χ0) is 22.8. The Morgan fingerprint density at radius 2 is 1.67 bits per heavy atom. The van der Waals surface area contributed by atoms with Gasteiger partial charge in [-0.15, -0.1) is 11.3 Å². The van der Waals surface area contributed by atoms with Crippen LogP contribution in [0.5, 0.6) is 0 Å². The van der Waals surface area contributed by atoms with Crippen molar-refractivity contribution in [1.29, 1.82) is 0 Å². The largest absolute Gasteiger partial charge is 0.365 e. The van der Waals surface area contributed by atoms with Gasteiger partial charge < -0.3 is 5.32 Å². The maximum Gasteiger partial charge on any atom is 0.238 e. The molecule has 2 aromatic carbocycles. The number of nitrogens with zero attached hydrogens (tertiary/aromatic N) is 3. The van der Waals surface area contributed by atoms with Crippen molar-refractivity contribution in [3.63, 3.8) is 0 Å². The van der Waals surface area contributed by atoms with Crippen LogP contribution in [-0.2, 0) is 16.6 Å². The van der Waals surface area contributed by atoms with Gasteiger partial charge in [-0.05, 0) is 41.5 Å². The summed E-state index contributed by atoms with van der Waals surface area (Å²) in [5.74, 6) is 1.29. The van der Waals surface area contributed by atoms with Crippen molar-refractivity contribution in [2.75, 3.05) is 5.32 Å². The highest BCUT2D eigenvalue weighted by Crippen LogP contribution is 2.36. The number of nitrogens with one attached hydrogen (secondary N) is 1. The molecule has 0 spiro atoms. The Hall–Kier alpha value is -3.66. The van der Waals surface area contributed by atoms with E-state index in [0.29, 0.717) is 18.2 Å². The normalized spacial score (nSPS) is 11.5. The molecule has 0 bridgehead atoms. The number of benzene rings is 2. The summed E-state index contributed by atoms with van der Waals surface area (Å²) >= 11 is 1.61. The highest BCUT2D eigenvalue weighted by Gasteiger charge is 2.14. The minimum absolute atomic E-state index is 0.0832. The minimum atomic E-state index is -3.72. The third-order valence-corrected chi connectivity index (χ3v) is 7.09. The van der Waals surface area contributed by atoms with Gasteiger partial charge in [0, 0.05) is 29.4 Å². The SMILES string of the molecule is NS(=O)(=O)c1ccc(CNc2nc(-c3cccnc3)nc3sc(-c4ccccc4)cc23)cc1. The molecule has 0 radical (unpaired) electrons. The molecule has 0 saturated carbocycles. The van der Waals surface area contributed by atoms with Crippen LogP contribution in [0.25, 0.3) is 32.0 Å². The Balaban J connectivity index is 1.53. The summed E-state index contributed by atoms with van der Waals surface area (Å²) in [6.45, 7) is 0.458. The van der Waals surface area contributed by atoms with Gasteiger partial charge in [0.15, 0.2) is 5.82 Å². The van der Waals surface area contributed by atoms with E-state index in [4.69, 9.17) is 15.1 Å². The summed E-state index contributed by atoms with van der Waals surface area (Å²) in [5.41, 5.74) is 2.85. The maximum absolute atomic E-state index is 11.5. The van der Waals surface area contributed by atoms with E-state index in [1.807, 2.05) is 30.3 Å². The molecule has 0 unspecified atom stereocenters. The van der Waals surface area contributed by atoms with E-state index < -0.39 is 10.0 Å². The lowest BCUT2D eigenvalue weighted by Gasteiger charge is -2.09. The molecule has 33 heavy (non-hydrogen) atoms. The Labute approximate surface area is 195 Å². The van der Waals surface area contributed by atoms with Crippen molar-refractivity contribution in [2.24, 2.45) is 5.14 Å². The molecule has 0 fully saturated rings. The molecule has 0 atom stereocenters. The molecule has 3 heterocycles. The monoisotopic (exact) mass is 473 g/mol. The second kappa shape index (κ2) is 8.70. The molecule has 3 aromatic heterocycles. The van der Waals surface area contributed by atoms with Crippen molar-refractivity contribution in [1.82, 2.24) is 15.0 Å². The van der Waals surface area contributed by atoms with Gasteiger partial charge in [0.05, 0.1) is 10.3 Å². The predicted molar refractivity (Wildman–Crippen MR) is 131 cm³/mol. The Bertz CT molecular complexity index is 1520. The minimum Gasteiger partial charge on any atom is -0.365 e. The predicted octanol–water partition coefficient (Wildman–Crippen LogP) is 4.68. The third kappa shape index (κ3) is 4.61. The van der Waals surface area contributed by atoms with Gasteiger partial charge in [-0.3, -0.25) is 4.98 Å². The lowest BCUT2D eigenvalue weighted by atomic mass is 10.2. The number of sulfonamides is 1. The number of aromatic nitrogens is 3. The van der Waals surface area contributed by atoms with E-state index in [0.717, 1.165) is 31.8 Å². The van der Waals surface area contributed by atoms with E-state index in [1.165, 1.54) is 12.1 Å². The number of fused-ring (bicyclic) bond motifs is 1. The van der Waals surface area contributed by atoms with Crippen LogP contribution < -0.4 is 10.5 Å². The van der Waals surface area contributed by atoms with Crippen LogP contribution in [0.4, 0.5) is 5.82 Å². The van der Waals surface area contributed by atoms with Gasteiger partial charge in [-0.2, -0.15) is 0 Å². The molecule has 7 nitrogen and oxygen atoms in total.